The number of carboxylic acid groups (broad SMARTS) is 1. The maximum absolute atomic E-state index is 14.3. The number of aromatic nitrogens is 2. The molecule has 0 fully saturated rings. The van der Waals surface area contributed by atoms with Gasteiger partial charge in [-0.05, 0) is 28.1 Å². The monoisotopic (exact) mass is 328 g/mol. The van der Waals surface area contributed by atoms with Crippen molar-refractivity contribution in [2.75, 3.05) is 6.79 Å². The third kappa shape index (κ3) is 1.84. The van der Waals surface area contributed by atoms with Gasteiger partial charge >= 0.3 is 5.97 Å². The third-order valence-electron chi connectivity index (χ3n) is 2.62. The van der Waals surface area contributed by atoms with E-state index in [0.717, 1.165) is 0 Å². The van der Waals surface area contributed by atoms with E-state index in [-0.39, 0.29) is 29.5 Å². The van der Waals surface area contributed by atoms with Gasteiger partial charge in [0.1, 0.15) is 5.69 Å². The summed E-state index contributed by atoms with van der Waals surface area (Å²) in [6, 6.07) is 2.80. The molecule has 0 saturated heterocycles. The lowest BCUT2D eigenvalue weighted by Crippen LogP contribution is -1.95. The molecule has 0 bridgehead atoms. The van der Waals surface area contributed by atoms with Crippen molar-refractivity contribution in [2.24, 2.45) is 0 Å². The first-order valence-corrected chi connectivity index (χ1v) is 5.94. The third-order valence-corrected chi connectivity index (χ3v) is 3.25. The molecular weight excluding hydrogens is 323 g/mol. The van der Waals surface area contributed by atoms with Gasteiger partial charge in [0.05, 0.1) is 11.3 Å². The number of carboxylic acids is 1. The first-order chi connectivity index (χ1) is 9.08. The molecule has 1 aromatic heterocycles. The molecule has 0 spiro atoms. The number of fused-ring (bicyclic) bond motifs is 1. The van der Waals surface area contributed by atoms with Gasteiger partial charge in [0.25, 0.3) is 0 Å². The van der Waals surface area contributed by atoms with Gasteiger partial charge in [-0.15, -0.1) is 0 Å². The molecule has 3 rings (SSSR count). The molecule has 0 aliphatic carbocycles. The van der Waals surface area contributed by atoms with Crippen molar-refractivity contribution in [3.05, 3.63) is 28.1 Å². The Morgan fingerprint density at radius 1 is 1.47 bits per heavy atom. The molecule has 0 saturated carbocycles. The molecule has 1 aliphatic rings. The van der Waals surface area contributed by atoms with Crippen LogP contribution in [0.2, 0.25) is 0 Å². The molecule has 8 heteroatoms. The molecule has 0 unspecified atom stereocenters. The van der Waals surface area contributed by atoms with Gasteiger partial charge in [-0.1, -0.05) is 0 Å². The van der Waals surface area contributed by atoms with Crippen molar-refractivity contribution in [2.45, 2.75) is 0 Å². The minimum absolute atomic E-state index is 0.00178. The average molecular weight is 329 g/mol. The standard InChI is InChI=1S/C11H6BrFN2O4/c12-4-1-7-10(19-3-18-7)9(13)8(4)5-2-6(11(16)17)15-14-5/h1-2H,3H2,(H,14,15)(H,16,17). The number of H-pyrrole nitrogens is 1. The SMILES string of the molecule is O=C(O)c1cc(-c2c(Br)cc3c(c2F)OCO3)n[nH]1. The molecule has 0 atom stereocenters. The van der Waals surface area contributed by atoms with Crippen molar-refractivity contribution >= 4 is 21.9 Å². The Morgan fingerprint density at radius 3 is 2.95 bits per heavy atom. The lowest BCUT2D eigenvalue weighted by Gasteiger charge is -2.05. The summed E-state index contributed by atoms with van der Waals surface area (Å²) in [5.41, 5.74) is 0.159. The molecule has 1 aliphatic heterocycles. The lowest BCUT2D eigenvalue weighted by molar-refractivity contribution is 0.0690. The van der Waals surface area contributed by atoms with Crippen LogP contribution in [0.15, 0.2) is 16.6 Å². The van der Waals surface area contributed by atoms with Crippen LogP contribution in [-0.4, -0.2) is 28.1 Å². The largest absolute Gasteiger partial charge is 0.477 e. The van der Waals surface area contributed by atoms with Crippen LogP contribution in [0.5, 0.6) is 11.5 Å². The fraction of sp³-hybridized carbons (Fsp3) is 0.0909. The first kappa shape index (κ1) is 12.0. The van der Waals surface area contributed by atoms with Crippen molar-refractivity contribution in [1.29, 1.82) is 0 Å². The second-order valence-corrected chi connectivity index (χ2v) is 4.61. The zero-order valence-electron chi connectivity index (χ0n) is 9.24. The molecule has 2 N–H and O–H groups in total. The molecule has 6 nitrogen and oxygen atoms in total. The maximum atomic E-state index is 14.3. The van der Waals surface area contributed by atoms with Crippen LogP contribution in [0, 0.1) is 5.82 Å². The zero-order chi connectivity index (χ0) is 13.6. The summed E-state index contributed by atoms with van der Waals surface area (Å²) in [5, 5.41) is 14.9. The van der Waals surface area contributed by atoms with E-state index in [2.05, 4.69) is 26.1 Å². The lowest BCUT2D eigenvalue weighted by atomic mass is 10.1. The average Bonchev–Trinajstić information content (AvgIpc) is 2.97. The van der Waals surface area contributed by atoms with E-state index in [4.69, 9.17) is 14.6 Å². The predicted molar refractivity (Wildman–Crippen MR) is 64.8 cm³/mol. The number of halogens is 2. The van der Waals surface area contributed by atoms with Crippen molar-refractivity contribution < 1.29 is 23.8 Å². The smallest absolute Gasteiger partial charge is 0.353 e. The van der Waals surface area contributed by atoms with Crippen LogP contribution in [0.3, 0.4) is 0 Å². The highest BCUT2D eigenvalue weighted by Gasteiger charge is 2.26. The summed E-state index contributed by atoms with van der Waals surface area (Å²) < 4.78 is 24.8. The van der Waals surface area contributed by atoms with Crippen LogP contribution < -0.4 is 9.47 Å². The van der Waals surface area contributed by atoms with E-state index in [1.165, 1.54) is 6.07 Å². The maximum Gasteiger partial charge on any atom is 0.353 e. The summed E-state index contributed by atoms with van der Waals surface area (Å²) in [6.45, 7) is -0.0525. The van der Waals surface area contributed by atoms with Gasteiger partial charge in [0.2, 0.25) is 12.5 Å². The van der Waals surface area contributed by atoms with Gasteiger partial charge in [0, 0.05) is 4.47 Å². The molecule has 1 aromatic carbocycles. The summed E-state index contributed by atoms with van der Waals surface area (Å²) in [7, 11) is 0. The number of hydrogen-bond donors (Lipinski definition) is 2. The van der Waals surface area contributed by atoms with E-state index in [1.807, 2.05) is 0 Å². The Hall–Kier alpha value is -2.09. The molecule has 98 valence electrons. The van der Waals surface area contributed by atoms with Crippen molar-refractivity contribution in [1.82, 2.24) is 10.2 Å². The quantitative estimate of drug-likeness (QED) is 0.884. The first-order valence-electron chi connectivity index (χ1n) is 5.14. The fourth-order valence-electron chi connectivity index (χ4n) is 1.77. The highest BCUT2D eigenvalue weighted by atomic mass is 79.9. The van der Waals surface area contributed by atoms with E-state index in [9.17, 15) is 9.18 Å². The minimum Gasteiger partial charge on any atom is -0.477 e. The molecule has 19 heavy (non-hydrogen) atoms. The number of hydrogen-bond acceptors (Lipinski definition) is 4. The topological polar surface area (TPSA) is 84.4 Å². The number of benzene rings is 1. The van der Waals surface area contributed by atoms with Crippen LogP contribution >= 0.6 is 15.9 Å². The minimum atomic E-state index is -1.17. The highest BCUT2D eigenvalue weighted by Crippen LogP contribution is 2.43. The number of ether oxygens (including phenoxy) is 2. The van der Waals surface area contributed by atoms with Crippen LogP contribution in [0.1, 0.15) is 10.5 Å². The van der Waals surface area contributed by atoms with Crippen LogP contribution in [-0.2, 0) is 0 Å². The molecular formula is C11H6BrFN2O4. The Balaban J connectivity index is 2.16. The summed E-state index contributed by atoms with van der Waals surface area (Å²) in [4.78, 5) is 10.8. The number of carbonyl (C=O) groups is 1. The second-order valence-electron chi connectivity index (χ2n) is 3.75. The van der Waals surface area contributed by atoms with Crippen LogP contribution in [0.25, 0.3) is 11.3 Å². The number of rotatable bonds is 2. The van der Waals surface area contributed by atoms with E-state index < -0.39 is 11.8 Å². The number of aromatic carboxylic acids is 1. The summed E-state index contributed by atoms with van der Waals surface area (Å²) in [5.74, 6) is -1.53. The van der Waals surface area contributed by atoms with Crippen molar-refractivity contribution in [3.8, 4) is 22.8 Å². The molecule has 0 amide bonds. The van der Waals surface area contributed by atoms with Gasteiger partial charge < -0.3 is 14.6 Å². The normalized spacial score (nSPS) is 12.7. The van der Waals surface area contributed by atoms with E-state index in [0.29, 0.717) is 10.2 Å². The van der Waals surface area contributed by atoms with Gasteiger partial charge in [-0.3, -0.25) is 5.10 Å². The Bertz CT molecular complexity index is 686. The van der Waals surface area contributed by atoms with Gasteiger partial charge in [0.15, 0.2) is 11.6 Å². The number of aromatic amines is 1. The highest BCUT2D eigenvalue weighted by molar-refractivity contribution is 9.10. The molecule has 0 radical (unpaired) electrons. The Labute approximate surface area is 114 Å². The van der Waals surface area contributed by atoms with Crippen molar-refractivity contribution in [3.63, 3.8) is 0 Å². The van der Waals surface area contributed by atoms with Gasteiger partial charge in [-0.25, -0.2) is 9.18 Å². The predicted octanol–water partition coefficient (Wildman–Crippen LogP) is 2.41. The van der Waals surface area contributed by atoms with Gasteiger partial charge in [-0.2, -0.15) is 5.10 Å². The molecule has 2 aromatic rings. The van der Waals surface area contributed by atoms with Crippen LogP contribution in [0.4, 0.5) is 4.39 Å². The summed E-state index contributed by atoms with van der Waals surface area (Å²) >= 11 is 3.21. The molecule has 2 heterocycles. The second kappa shape index (κ2) is 4.23. The number of nitrogens with one attached hydrogen (secondary N) is 1. The number of nitrogens with zero attached hydrogens (tertiary/aromatic N) is 1. The Kier molecular flexibility index (Phi) is 2.67. The summed E-state index contributed by atoms with van der Waals surface area (Å²) in [6.07, 6.45) is 0. The van der Waals surface area contributed by atoms with E-state index in [1.54, 1.807) is 6.07 Å². The van der Waals surface area contributed by atoms with E-state index >= 15 is 0 Å². The zero-order valence-corrected chi connectivity index (χ0v) is 10.8. The Morgan fingerprint density at radius 2 is 2.26 bits per heavy atom. The fourth-order valence-corrected chi connectivity index (χ4v) is 2.35.